The van der Waals surface area contributed by atoms with Crippen LogP contribution in [0.4, 0.5) is 0 Å². The molecule has 14 heavy (non-hydrogen) atoms. The standard InChI is InChI=1S/C12H20O2/c1-6-11(13)14-10-7-9(8(2)3)12(10,4)5/h9-10H,2,6-7H2,1,3-5H3. The van der Waals surface area contributed by atoms with E-state index in [1.807, 2.05) is 13.8 Å². The van der Waals surface area contributed by atoms with Crippen LogP contribution in [0.15, 0.2) is 12.2 Å². The van der Waals surface area contributed by atoms with Crippen LogP contribution in [-0.2, 0) is 9.53 Å². The van der Waals surface area contributed by atoms with Gasteiger partial charge >= 0.3 is 5.97 Å². The second-order valence-electron chi connectivity index (χ2n) is 4.79. The highest BCUT2D eigenvalue weighted by Crippen LogP contribution is 2.51. The second-order valence-corrected chi connectivity index (χ2v) is 4.79. The zero-order chi connectivity index (χ0) is 10.9. The Labute approximate surface area is 86.3 Å². The third-order valence-corrected chi connectivity index (χ3v) is 3.33. The lowest BCUT2D eigenvalue weighted by molar-refractivity contribution is -0.172. The molecule has 1 aliphatic rings. The molecule has 0 spiro atoms. The first-order valence-corrected chi connectivity index (χ1v) is 5.24. The molecular weight excluding hydrogens is 176 g/mol. The molecule has 0 bridgehead atoms. The zero-order valence-electron chi connectivity index (χ0n) is 9.59. The van der Waals surface area contributed by atoms with Gasteiger partial charge in [0.2, 0.25) is 0 Å². The summed E-state index contributed by atoms with van der Waals surface area (Å²) >= 11 is 0. The molecular formula is C12H20O2. The maximum atomic E-state index is 11.1. The van der Waals surface area contributed by atoms with E-state index in [1.165, 1.54) is 5.57 Å². The molecule has 1 aliphatic carbocycles. The Morgan fingerprint density at radius 3 is 2.50 bits per heavy atom. The van der Waals surface area contributed by atoms with Gasteiger partial charge in [-0.1, -0.05) is 32.9 Å². The van der Waals surface area contributed by atoms with E-state index >= 15 is 0 Å². The minimum absolute atomic E-state index is 0.0661. The molecule has 0 aliphatic heterocycles. The smallest absolute Gasteiger partial charge is 0.305 e. The highest BCUT2D eigenvalue weighted by Gasteiger charge is 2.50. The van der Waals surface area contributed by atoms with Gasteiger partial charge in [0.15, 0.2) is 0 Å². The fourth-order valence-corrected chi connectivity index (χ4v) is 2.16. The van der Waals surface area contributed by atoms with Crippen molar-refractivity contribution in [2.45, 2.75) is 46.6 Å². The molecule has 1 fully saturated rings. The SMILES string of the molecule is C=C(C)C1CC(OC(=O)CC)C1(C)C. The highest BCUT2D eigenvalue weighted by molar-refractivity contribution is 5.69. The fourth-order valence-electron chi connectivity index (χ4n) is 2.16. The van der Waals surface area contributed by atoms with E-state index in [4.69, 9.17) is 4.74 Å². The van der Waals surface area contributed by atoms with Crippen LogP contribution in [0.3, 0.4) is 0 Å². The van der Waals surface area contributed by atoms with Gasteiger partial charge in [-0.15, -0.1) is 0 Å². The summed E-state index contributed by atoms with van der Waals surface area (Å²) in [6.07, 6.45) is 1.48. The van der Waals surface area contributed by atoms with E-state index < -0.39 is 0 Å². The first-order chi connectivity index (χ1) is 6.39. The van der Waals surface area contributed by atoms with Crippen molar-refractivity contribution in [3.63, 3.8) is 0 Å². The van der Waals surface area contributed by atoms with E-state index in [1.54, 1.807) is 0 Å². The van der Waals surface area contributed by atoms with E-state index in [0.29, 0.717) is 12.3 Å². The Balaban J connectivity index is 2.54. The van der Waals surface area contributed by atoms with Gasteiger partial charge in [-0.05, 0) is 19.3 Å². The maximum absolute atomic E-state index is 11.1. The minimum Gasteiger partial charge on any atom is -0.462 e. The Morgan fingerprint density at radius 2 is 2.14 bits per heavy atom. The third-order valence-electron chi connectivity index (χ3n) is 3.33. The lowest BCUT2D eigenvalue weighted by Gasteiger charge is -2.51. The van der Waals surface area contributed by atoms with Crippen molar-refractivity contribution < 1.29 is 9.53 Å². The second kappa shape index (κ2) is 3.76. The highest BCUT2D eigenvalue weighted by atomic mass is 16.5. The van der Waals surface area contributed by atoms with Crippen molar-refractivity contribution in [3.05, 3.63) is 12.2 Å². The molecule has 0 radical (unpaired) electrons. The largest absolute Gasteiger partial charge is 0.462 e. The topological polar surface area (TPSA) is 26.3 Å². The van der Waals surface area contributed by atoms with Gasteiger partial charge in [-0.3, -0.25) is 4.79 Å². The summed E-state index contributed by atoms with van der Waals surface area (Å²) in [6, 6.07) is 0. The average molecular weight is 196 g/mol. The van der Waals surface area contributed by atoms with Crippen molar-refractivity contribution >= 4 is 5.97 Å². The quantitative estimate of drug-likeness (QED) is 0.512. The van der Waals surface area contributed by atoms with E-state index in [0.717, 1.165) is 6.42 Å². The summed E-state index contributed by atoms with van der Waals surface area (Å²) in [5.41, 5.74) is 1.26. The van der Waals surface area contributed by atoms with Crippen molar-refractivity contribution in [2.75, 3.05) is 0 Å². The van der Waals surface area contributed by atoms with Gasteiger partial charge < -0.3 is 4.74 Å². The van der Waals surface area contributed by atoms with Crippen LogP contribution in [0.5, 0.6) is 0 Å². The molecule has 0 aromatic rings. The van der Waals surface area contributed by atoms with Gasteiger partial charge in [0, 0.05) is 11.8 Å². The Bertz CT molecular complexity index is 253. The van der Waals surface area contributed by atoms with E-state index in [2.05, 4.69) is 20.4 Å². The normalized spacial score (nSPS) is 29.1. The van der Waals surface area contributed by atoms with Crippen molar-refractivity contribution in [2.24, 2.45) is 11.3 Å². The van der Waals surface area contributed by atoms with E-state index in [-0.39, 0.29) is 17.5 Å². The molecule has 0 N–H and O–H groups in total. The first-order valence-electron chi connectivity index (χ1n) is 5.24. The summed E-state index contributed by atoms with van der Waals surface area (Å²) in [5, 5.41) is 0. The lowest BCUT2D eigenvalue weighted by Crippen LogP contribution is -2.51. The van der Waals surface area contributed by atoms with Crippen molar-refractivity contribution in [1.29, 1.82) is 0 Å². The van der Waals surface area contributed by atoms with Gasteiger partial charge in [-0.2, -0.15) is 0 Å². The zero-order valence-corrected chi connectivity index (χ0v) is 9.59. The van der Waals surface area contributed by atoms with Gasteiger partial charge in [0.1, 0.15) is 6.10 Å². The molecule has 0 amide bonds. The number of hydrogen-bond acceptors (Lipinski definition) is 2. The van der Waals surface area contributed by atoms with E-state index in [9.17, 15) is 4.79 Å². The molecule has 80 valence electrons. The Kier molecular flexibility index (Phi) is 3.03. The van der Waals surface area contributed by atoms with Crippen LogP contribution in [0, 0.1) is 11.3 Å². The Morgan fingerprint density at radius 1 is 1.57 bits per heavy atom. The van der Waals surface area contributed by atoms with Crippen LogP contribution < -0.4 is 0 Å². The summed E-state index contributed by atoms with van der Waals surface area (Å²) in [6.45, 7) is 12.1. The third kappa shape index (κ3) is 1.84. The Hall–Kier alpha value is -0.790. The fraction of sp³-hybridized carbons (Fsp3) is 0.750. The number of ether oxygens (including phenoxy) is 1. The van der Waals surface area contributed by atoms with Gasteiger partial charge in [-0.25, -0.2) is 0 Å². The molecule has 0 aromatic carbocycles. The lowest BCUT2D eigenvalue weighted by atomic mass is 9.58. The number of esters is 1. The summed E-state index contributed by atoms with van der Waals surface area (Å²) < 4.78 is 5.35. The van der Waals surface area contributed by atoms with Gasteiger partial charge in [0.25, 0.3) is 0 Å². The monoisotopic (exact) mass is 196 g/mol. The number of carbonyl (C=O) groups excluding carboxylic acids is 1. The first kappa shape index (κ1) is 11.3. The molecule has 2 atom stereocenters. The predicted octanol–water partition coefficient (Wildman–Crippen LogP) is 2.93. The van der Waals surface area contributed by atoms with Gasteiger partial charge in [0.05, 0.1) is 0 Å². The molecule has 2 heteroatoms. The van der Waals surface area contributed by atoms with Crippen LogP contribution in [0.2, 0.25) is 0 Å². The molecule has 0 aromatic heterocycles. The van der Waals surface area contributed by atoms with Crippen molar-refractivity contribution in [1.82, 2.24) is 0 Å². The molecule has 1 rings (SSSR count). The summed E-state index contributed by atoms with van der Waals surface area (Å²) in [4.78, 5) is 11.1. The number of carbonyl (C=O) groups is 1. The average Bonchev–Trinajstić information content (AvgIpc) is 2.10. The minimum atomic E-state index is -0.0942. The van der Waals surface area contributed by atoms with Crippen LogP contribution in [0.1, 0.15) is 40.5 Å². The molecule has 1 saturated carbocycles. The van der Waals surface area contributed by atoms with Crippen LogP contribution in [0.25, 0.3) is 0 Å². The number of allylic oxidation sites excluding steroid dienone is 1. The predicted molar refractivity (Wildman–Crippen MR) is 56.9 cm³/mol. The number of rotatable bonds is 3. The maximum Gasteiger partial charge on any atom is 0.305 e. The van der Waals surface area contributed by atoms with Crippen molar-refractivity contribution in [3.8, 4) is 0 Å². The molecule has 2 unspecified atom stereocenters. The van der Waals surface area contributed by atoms with Crippen LogP contribution >= 0.6 is 0 Å². The summed E-state index contributed by atoms with van der Waals surface area (Å²) in [7, 11) is 0. The molecule has 0 saturated heterocycles. The molecule has 2 nitrogen and oxygen atoms in total. The summed E-state index contributed by atoms with van der Waals surface area (Å²) in [5.74, 6) is 0.403. The molecule has 0 heterocycles. The van der Waals surface area contributed by atoms with Crippen LogP contribution in [-0.4, -0.2) is 12.1 Å². The number of hydrogen-bond donors (Lipinski definition) is 0.